The predicted octanol–water partition coefficient (Wildman–Crippen LogP) is 2.19. The van der Waals surface area contributed by atoms with Crippen LogP contribution in [0.3, 0.4) is 0 Å². The van der Waals surface area contributed by atoms with Crippen molar-refractivity contribution in [3.8, 4) is 5.75 Å². The maximum absolute atomic E-state index is 12.5. The maximum Gasteiger partial charge on any atom is 0.337 e. The first kappa shape index (κ1) is 18.2. The SMILES string of the molecule is COC(=O)c1ccc(NS(=O)(=O)c2cc([N+](=O)[O-])ccc2OC)cc1. The van der Waals surface area contributed by atoms with Crippen LogP contribution in [-0.4, -0.2) is 33.5 Å². The number of carbonyl (C=O) groups excluding carboxylic acids is 1. The van der Waals surface area contributed by atoms with Gasteiger partial charge in [0.2, 0.25) is 0 Å². The minimum Gasteiger partial charge on any atom is -0.495 e. The number of non-ortho nitro benzene ring substituents is 1. The maximum atomic E-state index is 12.5. The van der Waals surface area contributed by atoms with Gasteiger partial charge in [0.15, 0.2) is 0 Å². The predicted molar refractivity (Wildman–Crippen MR) is 88.2 cm³/mol. The van der Waals surface area contributed by atoms with E-state index < -0.39 is 20.9 Å². The second-order valence-electron chi connectivity index (χ2n) is 4.77. The van der Waals surface area contributed by atoms with Crippen LogP contribution >= 0.6 is 0 Å². The van der Waals surface area contributed by atoms with Crippen molar-refractivity contribution in [2.24, 2.45) is 0 Å². The van der Waals surface area contributed by atoms with Crippen LogP contribution in [0.4, 0.5) is 11.4 Å². The fourth-order valence-corrected chi connectivity index (χ4v) is 3.24. The summed E-state index contributed by atoms with van der Waals surface area (Å²) in [7, 11) is -1.66. The summed E-state index contributed by atoms with van der Waals surface area (Å²) in [5.74, 6) is -0.598. The highest BCUT2D eigenvalue weighted by molar-refractivity contribution is 7.92. The first-order chi connectivity index (χ1) is 11.8. The number of esters is 1. The number of hydrogen-bond acceptors (Lipinski definition) is 7. The van der Waals surface area contributed by atoms with Crippen molar-refractivity contribution in [2.75, 3.05) is 18.9 Å². The molecule has 0 unspecified atom stereocenters. The zero-order valence-corrected chi connectivity index (χ0v) is 14.1. The Hall–Kier alpha value is -3.14. The number of benzene rings is 2. The van der Waals surface area contributed by atoms with Crippen LogP contribution in [0.5, 0.6) is 5.75 Å². The lowest BCUT2D eigenvalue weighted by atomic mass is 10.2. The van der Waals surface area contributed by atoms with Gasteiger partial charge in [0.1, 0.15) is 10.6 Å². The molecule has 25 heavy (non-hydrogen) atoms. The molecule has 0 saturated carbocycles. The Kier molecular flexibility index (Phi) is 5.22. The molecule has 0 bridgehead atoms. The number of carbonyl (C=O) groups is 1. The van der Waals surface area contributed by atoms with E-state index in [-0.39, 0.29) is 27.6 Å². The molecule has 0 radical (unpaired) electrons. The topological polar surface area (TPSA) is 125 Å². The number of nitrogens with zero attached hydrogens (tertiary/aromatic N) is 1. The first-order valence-electron chi connectivity index (χ1n) is 6.82. The summed E-state index contributed by atoms with van der Waals surface area (Å²) in [6.07, 6.45) is 0. The van der Waals surface area contributed by atoms with E-state index in [0.717, 1.165) is 12.1 Å². The molecule has 0 aliphatic carbocycles. The number of sulfonamides is 1. The van der Waals surface area contributed by atoms with Gasteiger partial charge in [-0.05, 0) is 30.3 Å². The van der Waals surface area contributed by atoms with Crippen molar-refractivity contribution in [3.05, 3.63) is 58.1 Å². The monoisotopic (exact) mass is 366 g/mol. The van der Waals surface area contributed by atoms with Gasteiger partial charge in [-0.1, -0.05) is 0 Å². The normalized spacial score (nSPS) is 10.8. The van der Waals surface area contributed by atoms with Crippen LogP contribution in [0.25, 0.3) is 0 Å². The number of rotatable bonds is 6. The summed E-state index contributed by atoms with van der Waals surface area (Å²) in [5, 5.41) is 10.9. The van der Waals surface area contributed by atoms with Crippen LogP contribution in [-0.2, 0) is 14.8 Å². The quantitative estimate of drug-likeness (QED) is 0.472. The van der Waals surface area contributed by atoms with Crippen molar-refractivity contribution in [1.29, 1.82) is 0 Å². The van der Waals surface area contributed by atoms with Gasteiger partial charge in [0.05, 0.1) is 24.7 Å². The minimum absolute atomic E-state index is 0.0377. The molecule has 10 heteroatoms. The summed E-state index contributed by atoms with van der Waals surface area (Å²) < 4.78 is 36.8. The van der Waals surface area contributed by atoms with Gasteiger partial charge in [-0.25, -0.2) is 13.2 Å². The third kappa shape index (κ3) is 4.04. The van der Waals surface area contributed by atoms with E-state index in [1.54, 1.807) is 0 Å². The summed E-state index contributed by atoms with van der Waals surface area (Å²) in [6.45, 7) is 0. The largest absolute Gasteiger partial charge is 0.495 e. The van der Waals surface area contributed by atoms with Gasteiger partial charge in [-0.15, -0.1) is 0 Å². The fourth-order valence-electron chi connectivity index (χ4n) is 1.99. The standard InChI is InChI=1S/C15H14N2O7S/c1-23-13-8-7-12(17(19)20)9-14(13)25(21,22)16-11-5-3-10(4-6-11)15(18)24-2/h3-9,16H,1-2H3. The zero-order chi connectivity index (χ0) is 18.6. The Morgan fingerprint density at radius 2 is 1.76 bits per heavy atom. The average molecular weight is 366 g/mol. The zero-order valence-electron chi connectivity index (χ0n) is 13.3. The molecule has 132 valence electrons. The van der Waals surface area contributed by atoms with Crippen LogP contribution in [0.2, 0.25) is 0 Å². The van der Waals surface area contributed by atoms with Crippen LogP contribution in [0.1, 0.15) is 10.4 Å². The second-order valence-corrected chi connectivity index (χ2v) is 6.42. The third-order valence-electron chi connectivity index (χ3n) is 3.21. The highest BCUT2D eigenvalue weighted by Gasteiger charge is 2.23. The van der Waals surface area contributed by atoms with E-state index in [0.29, 0.717) is 0 Å². The molecule has 0 spiro atoms. The highest BCUT2D eigenvalue weighted by Crippen LogP contribution is 2.29. The van der Waals surface area contributed by atoms with E-state index in [1.807, 2.05) is 0 Å². The molecule has 0 heterocycles. The fraction of sp³-hybridized carbons (Fsp3) is 0.133. The van der Waals surface area contributed by atoms with E-state index in [2.05, 4.69) is 9.46 Å². The molecule has 0 atom stereocenters. The Labute approximate surface area is 143 Å². The van der Waals surface area contributed by atoms with Gasteiger partial charge in [0.25, 0.3) is 15.7 Å². The van der Waals surface area contributed by atoms with Gasteiger partial charge < -0.3 is 9.47 Å². The smallest absolute Gasteiger partial charge is 0.337 e. The molecule has 2 aromatic rings. The average Bonchev–Trinajstić information content (AvgIpc) is 2.60. The number of methoxy groups -OCH3 is 2. The molecule has 1 N–H and O–H groups in total. The van der Waals surface area contributed by atoms with Crippen molar-refractivity contribution >= 4 is 27.4 Å². The van der Waals surface area contributed by atoms with Crippen molar-refractivity contribution in [1.82, 2.24) is 0 Å². The summed E-state index contributed by atoms with van der Waals surface area (Å²) in [4.78, 5) is 21.2. The van der Waals surface area contributed by atoms with E-state index in [4.69, 9.17) is 4.74 Å². The number of anilines is 1. The summed E-state index contributed by atoms with van der Waals surface area (Å²) in [5.41, 5.74) is 0.0294. The first-order valence-corrected chi connectivity index (χ1v) is 8.30. The third-order valence-corrected chi connectivity index (χ3v) is 4.61. The van der Waals surface area contributed by atoms with Crippen molar-refractivity contribution < 1.29 is 27.6 Å². The summed E-state index contributed by atoms with van der Waals surface area (Å²) >= 11 is 0. The molecule has 2 aromatic carbocycles. The molecule has 0 amide bonds. The van der Waals surface area contributed by atoms with Gasteiger partial charge in [-0.3, -0.25) is 14.8 Å². The van der Waals surface area contributed by atoms with Gasteiger partial charge in [0, 0.05) is 17.8 Å². The van der Waals surface area contributed by atoms with E-state index >= 15 is 0 Å². The molecule has 0 saturated heterocycles. The Balaban J connectivity index is 2.37. The lowest BCUT2D eigenvalue weighted by Crippen LogP contribution is -2.14. The number of nitrogens with one attached hydrogen (secondary N) is 1. The number of nitro groups is 1. The van der Waals surface area contributed by atoms with Crippen molar-refractivity contribution in [2.45, 2.75) is 4.90 Å². The van der Waals surface area contributed by atoms with Gasteiger partial charge in [-0.2, -0.15) is 0 Å². The Morgan fingerprint density at radius 1 is 1.12 bits per heavy atom. The van der Waals surface area contributed by atoms with Crippen LogP contribution in [0.15, 0.2) is 47.4 Å². The van der Waals surface area contributed by atoms with E-state index in [9.17, 15) is 23.3 Å². The number of nitro benzene ring substituents is 1. The van der Waals surface area contributed by atoms with Crippen LogP contribution < -0.4 is 9.46 Å². The van der Waals surface area contributed by atoms with E-state index in [1.165, 1.54) is 44.6 Å². The number of hydrogen-bond donors (Lipinski definition) is 1. The summed E-state index contributed by atoms with van der Waals surface area (Å²) in [6, 6.07) is 8.75. The second kappa shape index (κ2) is 7.18. The molecular weight excluding hydrogens is 352 g/mol. The van der Waals surface area contributed by atoms with Crippen LogP contribution in [0, 0.1) is 10.1 Å². The Bertz CT molecular complexity index is 908. The number of ether oxygens (including phenoxy) is 2. The molecule has 0 aliphatic heterocycles. The molecule has 9 nitrogen and oxygen atoms in total. The lowest BCUT2D eigenvalue weighted by Gasteiger charge is -2.11. The molecule has 2 rings (SSSR count). The molecular formula is C15H14N2O7S. The highest BCUT2D eigenvalue weighted by atomic mass is 32.2. The Morgan fingerprint density at radius 3 is 2.28 bits per heavy atom. The molecule has 0 fully saturated rings. The minimum atomic E-state index is -4.15. The van der Waals surface area contributed by atoms with Gasteiger partial charge >= 0.3 is 5.97 Å². The van der Waals surface area contributed by atoms with Crippen molar-refractivity contribution in [3.63, 3.8) is 0 Å². The molecule has 0 aliphatic rings. The lowest BCUT2D eigenvalue weighted by molar-refractivity contribution is -0.385. The molecule has 0 aromatic heterocycles.